The van der Waals surface area contributed by atoms with E-state index in [9.17, 15) is 13.2 Å². The van der Waals surface area contributed by atoms with Crippen molar-refractivity contribution in [2.75, 3.05) is 0 Å². The Morgan fingerprint density at radius 3 is 2.15 bits per heavy atom. The minimum Gasteiger partial charge on any atom is -0.318 e. The molecule has 0 aliphatic heterocycles. The first-order chi connectivity index (χ1) is 5.94. The molecule has 0 aliphatic rings. The largest absolute Gasteiger partial charge is 0.396 e. The molecule has 0 radical (unpaired) electrons. The summed E-state index contributed by atoms with van der Waals surface area (Å²) in [7, 11) is 1.54. The van der Waals surface area contributed by atoms with Crippen molar-refractivity contribution in [1.82, 2.24) is 14.8 Å². The predicted molar refractivity (Wildman–Crippen MR) is 40.1 cm³/mol. The van der Waals surface area contributed by atoms with Crippen LogP contribution in [0.3, 0.4) is 0 Å². The molecular formula is C7H10F3N3. The van der Waals surface area contributed by atoms with Crippen LogP contribution in [-0.4, -0.2) is 20.9 Å². The normalized spacial score (nSPS) is 12.1. The van der Waals surface area contributed by atoms with E-state index in [0.29, 0.717) is 12.2 Å². The maximum atomic E-state index is 12.0. The molecule has 1 aromatic rings. The SMILES string of the molecule is CCc1nnc(CC(F)(F)F)n1C. The lowest BCUT2D eigenvalue weighted by Crippen LogP contribution is -2.15. The number of hydrogen-bond donors (Lipinski definition) is 0. The molecule has 0 bridgehead atoms. The molecule has 0 N–H and O–H groups in total. The Morgan fingerprint density at radius 2 is 1.77 bits per heavy atom. The monoisotopic (exact) mass is 193 g/mol. The van der Waals surface area contributed by atoms with E-state index < -0.39 is 12.6 Å². The Balaban J connectivity index is 2.84. The van der Waals surface area contributed by atoms with Gasteiger partial charge >= 0.3 is 6.18 Å². The van der Waals surface area contributed by atoms with Crippen LogP contribution >= 0.6 is 0 Å². The summed E-state index contributed by atoms with van der Waals surface area (Å²) in [4.78, 5) is 0. The molecule has 74 valence electrons. The first kappa shape index (κ1) is 10.0. The van der Waals surface area contributed by atoms with E-state index >= 15 is 0 Å². The van der Waals surface area contributed by atoms with Gasteiger partial charge in [0.2, 0.25) is 0 Å². The van der Waals surface area contributed by atoms with Gasteiger partial charge in [-0.3, -0.25) is 0 Å². The van der Waals surface area contributed by atoms with Crippen molar-refractivity contribution in [3.63, 3.8) is 0 Å². The average Bonchev–Trinajstić information content (AvgIpc) is 2.30. The molecule has 0 aromatic carbocycles. The van der Waals surface area contributed by atoms with Crippen LogP contribution in [0.5, 0.6) is 0 Å². The van der Waals surface area contributed by atoms with Crippen LogP contribution in [-0.2, 0) is 19.9 Å². The Bertz CT molecular complexity index is 290. The standard InChI is InChI=1S/C7H10F3N3/c1-3-5-11-12-6(13(5)2)4-7(8,9)10/h3-4H2,1-2H3. The van der Waals surface area contributed by atoms with Gasteiger partial charge < -0.3 is 4.57 Å². The van der Waals surface area contributed by atoms with Crippen molar-refractivity contribution in [3.8, 4) is 0 Å². The summed E-state index contributed by atoms with van der Waals surface area (Å²) in [6.07, 6.45) is -4.65. The van der Waals surface area contributed by atoms with Gasteiger partial charge in [0.05, 0.1) is 0 Å². The average molecular weight is 193 g/mol. The summed E-state index contributed by atoms with van der Waals surface area (Å²) in [6.45, 7) is 1.82. The second-order valence-electron chi connectivity index (χ2n) is 2.74. The van der Waals surface area contributed by atoms with Crippen LogP contribution in [0.15, 0.2) is 0 Å². The molecule has 0 spiro atoms. The summed E-state index contributed by atoms with van der Waals surface area (Å²) in [5, 5.41) is 7.10. The Morgan fingerprint density at radius 1 is 1.23 bits per heavy atom. The second kappa shape index (κ2) is 3.35. The van der Waals surface area contributed by atoms with Crippen molar-refractivity contribution in [1.29, 1.82) is 0 Å². The first-order valence-electron chi connectivity index (χ1n) is 3.88. The molecule has 0 saturated heterocycles. The molecule has 0 aliphatic carbocycles. The topological polar surface area (TPSA) is 30.7 Å². The Hall–Kier alpha value is -1.07. The minimum absolute atomic E-state index is 0.0376. The number of hydrogen-bond acceptors (Lipinski definition) is 2. The molecule has 1 aromatic heterocycles. The number of rotatable bonds is 2. The first-order valence-corrected chi connectivity index (χ1v) is 3.88. The Labute approximate surface area is 73.6 Å². The molecule has 13 heavy (non-hydrogen) atoms. The van der Waals surface area contributed by atoms with Crippen LogP contribution in [0, 0.1) is 0 Å². The highest BCUT2D eigenvalue weighted by Crippen LogP contribution is 2.20. The second-order valence-corrected chi connectivity index (χ2v) is 2.74. The summed E-state index contributed by atoms with van der Waals surface area (Å²) in [5.41, 5.74) is 0. The van der Waals surface area contributed by atoms with Crippen LogP contribution in [0.1, 0.15) is 18.6 Å². The molecule has 1 heterocycles. The van der Waals surface area contributed by atoms with Gasteiger partial charge in [-0.25, -0.2) is 0 Å². The number of halogens is 3. The van der Waals surface area contributed by atoms with E-state index in [1.807, 2.05) is 6.92 Å². The van der Waals surface area contributed by atoms with E-state index in [-0.39, 0.29) is 5.82 Å². The zero-order valence-electron chi connectivity index (χ0n) is 7.39. The highest BCUT2D eigenvalue weighted by molar-refractivity contribution is 4.96. The van der Waals surface area contributed by atoms with Gasteiger partial charge in [-0.05, 0) is 0 Å². The lowest BCUT2D eigenvalue weighted by atomic mass is 10.4. The van der Waals surface area contributed by atoms with Crippen molar-refractivity contribution in [2.24, 2.45) is 7.05 Å². The van der Waals surface area contributed by atoms with Gasteiger partial charge in [-0.15, -0.1) is 10.2 Å². The molecule has 6 heteroatoms. The van der Waals surface area contributed by atoms with E-state index in [1.165, 1.54) is 4.57 Å². The molecule has 0 atom stereocenters. The van der Waals surface area contributed by atoms with Crippen molar-refractivity contribution < 1.29 is 13.2 Å². The van der Waals surface area contributed by atoms with Gasteiger partial charge in [-0.1, -0.05) is 6.92 Å². The molecule has 0 fully saturated rings. The van der Waals surface area contributed by atoms with E-state index in [4.69, 9.17) is 0 Å². The van der Waals surface area contributed by atoms with E-state index in [2.05, 4.69) is 10.2 Å². The smallest absolute Gasteiger partial charge is 0.318 e. The number of alkyl halides is 3. The van der Waals surface area contributed by atoms with E-state index in [0.717, 1.165) is 0 Å². The molecule has 0 saturated carbocycles. The minimum atomic E-state index is -4.22. The summed E-state index contributed by atoms with van der Waals surface area (Å²) < 4.78 is 37.2. The highest BCUT2D eigenvalue weighted by atomic mass is 19.4. The maximum absolute atomic E-state index is 12.0. The third-order valence-electron chi connectivity index (χ3n) is 1.73. The molecule has 1 rings (SSSR count). The van der Waals surface area contributed by atoms with Gasteiger partial charge in [0, 0.05) is 13.5 Å². The van der Waals surface area contributed by atoms with Gasteiger partial charge in [0.1, 0.15) is 18.1 Å². The fraction of sp³-hybridized carbons (Fsp3) is 0.714. The summed E-state index contributed by atoms with van der Waals surface area (Å²) in [5.74, 6) is 0.531. The molecule has 0 amide bonds. The van der Waals surface area contributed by atoms with Gasteiger partial charge in [-0.2, -0.15) is 13.2 Å². The van der Waals surface area contributed by atoms with Gasteiger partial charge in [0.25, 0.3) is 0 Å². The Kier molecular flexibility index (Phi) is 2.58. The van der Waals surface area contributed by atoms with E-state index in [1.54, 1.807) is 7.05 Å². The van der Waals surface area contributed by atoms with Crippen LogP contribution in [0.25, 0.3) is 0 Å². The maximum Gasteiger partial charge on any atom is 0.396 e. The number of aromatic nitrogens is 3. The fourth-order valence-corrected chi connectivity index (χ4v) is 1.04. The van der Waals surface area contributed by atoms with Crippen LogP contribution < -0.4 is 0 Å². The summed E-state index contributed by atoms with van der Waals surface area (Å²) >= 11 is 0. The number of aryl methyl sites for hydroxylation is 1. The zero-order valence-corrected chi connectivity index (χ0v) is 7.39. The van der Waals surface area contributed by atoms with Crippen molar-refractivity contribution in [3.05, 3.63) is 11.6 Å². The lowest BCUT2D eigenvalue weighted by molar-refractivity contribution is -0.128. The predicted octanol–water partition coefficient (Wildman–Crippen LogP) is 1.48. The third kappa shape index (κ3) is 2.43. The summed E-state index contributed by atoms with van der Waals surface area (Å²) in [6, 6.07) is 0. The molecular weight excluding hydrogens is 183 g/mol. The molecule has 3 nitrogen and oxygen atoms in total. The fourth-order valence-electron chi connectivity index (χ4n) is 1.04. The zero-order chi connectivity index (χ0) is 10.1. The quantitative estimate of drug-likeness (QED) is 0.712. The van der Waals surface area contributed by atoms with Crippen molar-refractivity contribution >= 4 is 0 Å². The third-order valence-corrected chi connectivity index (χ3v) is 1.73. The number of nitrogens with zero attached hydrogens (tertiary/aromatic N) is 3. The van der Waals surface area contributed by atoms with Gasteiger partial charge in [0.15, 0.2) is 0 Å². The van der Waals surface area contributed by atoms with Crippen LogP contribution in [0.2, 0.25) is 0 Å². The lowest BCUT2D eigenvalue weighted by Gasteiger charge is -2.05. The van der Waals surface area contributed by atoms with Crippen LogP contribution in [0.4, 0.5) is 13.2 Å². The highest BCUT2D eigenvalue weighted by Gasteiger charge is 2.30. The van der Waals surface area contributed by atoms with Crippen molar-refractivity contribution in [2.45, 2.75) is 25.9 Å². The molecule has 0 unspecified atom stereocenters.